The van der Waals surface area contributed by atoms with Gasteiger partial charge < -0.3 is 19.5 Å². The fraction of sp³-hybridized carbons (Fsp3) is 0.333. The first-order valence-corrected chi connectivity index (χ1v) is 8.51. The third kappa shape index (κ3) is 2.91. The van der Waals surface area contributed by atoms with Crippen LogP contribution in [0.2, 0.25) is 0 Å². The number of rotatable bonds is 6. The van der Waals surface area contributed by atoms with Gasteiger partial charge in [0.1, 0.15) is 5.16 Å². The number of hydrogen-bond donors (Lipinski definition) is 3. The number of nitrogens with one attached hydrogen (secondary N) is 1. The first kappa shape index (κ1) is 15.8. The van der Waals surface area contributed by atoms with Gasteiger partial charge in [-0.2, -0.15) is 0 Å². The average Bonchev–Trinajstić information content (AvgIpc) is 2.89. The largest absolute Gasteiger partial charge is 0.448 e. The molecule has 0 spiro atoms. The summed E-state index contributed by atoms with van der Waals surface area (Å²) in [6.45, 7) is 3.56. The van der Waals surface area contributed by atoms with Crippen molar-refractivity contribution in [1.29, 1.82) is 0 Å². The maximum absolute atomic E-state index is 12.0. The second kappa shape index (κ2) is 6.06. The molecule has 1 aromatic heterocycles. The molecule has 0 aliphatic carbocycles. The standard InChI is InChI=1S/C15H20NO4P/c1-3-15(4-2,21(17,18)19)13-10-11-20-14(13)16-12-8-6-5-7-9-12/h5-11,16H,3-4H2,1-2H3,(H2,17,18,19). The Morgan fingerprint density at radius 3 is 2.29 bits per heavy atom. The van der Waals surface area contributed by atoms with E-state index in [1.807, 2.05) is 30.3 Å². The lowest BCUT2D eigenvalue weighted by atomic mass is 9.94. The van der Waals surface area contributed by atoms with E-state index in [-0.39, 0.29) is 0 Å². The molecule has 0 aliphatic rings. The van der Waals surface area contributed by atoms with Crippen LogP contribution < -0.4 is 5.32 Å². The predicted molar refractivity (Wildman–Crippen MR) is 82.7 cm³/mol. The number of furan rings is 1. The summed E-state index contributed by atoms with van der Waals surface area (Å²) in [5, 5.41) is 1.86. The van der Waals surface area contributed by atoms with E-state index in [2.05, 4.69) is 5.32 Å². The van der Waals surface area contributed by atoms with Crippen LogP contribution in [0.5, 0.6) is 0 Å². The van der Waals surface area contributed by atoms with Gasteiger partial charge in [-0.05, 0) is 31.0 Å². The summed E-state index contributed by atoms with van der Waals surface area (Å²) in [5.41, 5.74) is 1.32. The molecule has 6 heteroatoms. The van der Waals surface area contributed by atoms with Crippen LogP contribution in [0.15, 0.2) is 47.1 Å². The van der Waals surface area contributed by atoms with Crippen LogP contribution in [0.25, 0.3) is 0 Å². The van der Waals surface area contributed by atoms with Crippen molar-refractivity contribution in [3.05, 3.63) is 48.2 Å². The van der Waals surface area contributed by atoms with Crippen molar-refractivity contribution in [3.8, 4) is 0 Å². The summed E-state index contributed by atoms with van der Waals surface area (Å²) in [6, 6.07) is 11.0. The maximum Gasteiger partial charge on any atom is 0.336 e. The molecule has 0 unspecified atom stereocenters. The molecule has 2 aromatic rings. The van der Waals surface area contributed by atoms with Crippen molar-refractivity contribution in [2.75, 3.05) is 5.32 Å². The smallest absolute Gasteiger partial charge is 0.336 e. The molecule has 0 fully saturated rings. The Morgan fingerprint density at radius 2 is 1.76 bits per heavy atom. The Balaban J connectivity index is 2.45. The second-order valence-corrected chi connectivity index (χ2v) is 6.88. The zero-order valence-electron chi connectivity index (χ0n) is 12.1. The predicted octanol–water partition coefficient (Wildman–Crippen LogP) is 4.22. The number of benzene rings is 1. The molecule has 0 amide bonds. The Hall–Kier alpha value is -1.55. The molecular weight excluding hydrogens is 289 g/mol. The highest BCUT2D eigenvalue weighted by atomic mass is 31.2. The fourth-order valence-electron chi connectivity index (χ4n) is 2.62. The summed E-state index contributed by atoms with van der Waals surface area (Å²) < 4.78 is 17.5. The molecule has 3 N–H and O–H groups in total. The summed E-state index contributed by atoms with van der Waals surface area (Å²) in [4.78, 5) is 19.7. The molecule has 2 rings (SSSR count). The molecule has 0 saturated heterocycles. The van der Waals surface area contributed by atoms with Gasteiger partial charge in [0.2, 0.25) is 5.88 Å². The molecule has 0 aliphatic heterocycles. The van der Waals surface area contributed by atoms with E-state index in [0.29, 0.717) is 24.3 Å². The summed E-state index contributed by atoms with van der Waals surface area (Å²) in [5.74, 6) is 0.383. The van der Waals surface area contributed by atoms with E-state index in [0.717, 1.165) is 5.69 Å². The van der Waals surface area contributed by atoms with E-state index in [9.17, 15) is 14.4 Å². The molecule has 1 heterocycles. The van der Waals surface area contributed by atoms with E-state index in [1.54, 1.807) is 19.9 Å². The van der Waals surface area contributed by atoms with Crippen molar-refractivity contribution in [3.63, 3.8) is 0 Å². The quantitative estimate of drug-likeness (QED) is 0.696. The number of hydrogen-bond acceptors (Lipinski definition) is 3. The summed E-state index contributed by atoms with van der Waals surface area (Å²) in [6.07, 6.45) is 2.11. The van der Waals surface area contributed by atoms with Crippen molar-refractivity contribution >= 4 is 19.2 Å². The van der Waals surface area contributed by atoms with Crippen LogP contribution in [-0.2, 0) is 9.72 Å². The monoisotopic (exact) mass is 309 g/mol. The number of anilines is 2. The van der Waals surface area contributed by atoms with Gasteiger partial charge in [-0.25, -0.2) is 0 Å². The zero-order valence-corrected chi connectivity index (χ0v) is 13.0. The van der Waals surface area contributed by atoms with Gasteiger partial charge in [-0.3, -0.25) is 4.57 Å². The van der Waals surface area contributed by atoms with Gasteiger partial charge in [0.25, 0.3) is 0 Å². The van der Waals surface area contributed by atoms with Crippen molar-refractivity contribution in [2.24, 2.45) is 0 Å². The lowest BCUT2D eigenvalue weighted by Gasteiger charge is -2.32. The van der Waals surface area contributed by atoms with Crippen LogP contribution >= 0.6 is 7.60 Å². The van der Waals surface area contributed by atoms with Crippen molar-refractivity contribution < 1.29 is 18.8 Å². The van der Waals surface area contributed by atoms with Crippen LogP contribution in [-0.4, -0.2) is 9.79 Å². The van der Waals surface area contributed by atoms with Gasteiger partial charge in [-0.15, -0.1) is 0 Å². The minimum atomic E-state index is -4.33. The average molecular weight is 309 g/mol. The van der Waals surface area contributed by atoms with Gasteiger partial charge in [0.15, 0.2) is 0 Å². The minimum absolute atomic E-state index is 0.330. The highest BCUT2D eigenvalue weighted by Crippen LogP contribution is 2.62. The molecule has 1 aromatic carbocycles. The molecule has 0 radical (unpaired) electrons. The Morgan fingerprint density at radius 1 is 1.14 bits per heavy atom. The first-order valence-electron chi connectivity index (χ1n) is 6.90. The van der Waals surface area contributed by atoms with Gasteiger partial charge >= 0.3 is 7.60 Å². The SMILES string of the molecule is CCC(CC)(c1ccoc1Nc1ccccc1)P(=O)(O)O. The Labute approximate surface area is 124 Å². The third-order valence-electron chi connectivity index (χ3n) is 3.93. The normalized spacial score (nSPS) is 12.4. The van der Waals surface area contributed by atoms with Gasteiger partial charge in [-0.1, -0.05) is 32.0 Å². The van der Waals surface area contributed by atoms with Gasteiger partial charge in [0, 0.05) is 11.3 Å². The summed E-state index contributed by atoms with van der Waals surface area (Å²) in [7, 11) is -4.33. The number of para-hydroxylation sites is 1. The molecule has 0 saturated carbocycles. The van der Waals surface area contributed by atoms with Crippen LogP contribution in [0.4, 0.5) is 11.6 Å². The molecule has 21 heavy (non-hydrogen) atoms. The fourth-order valence-corrected chi connectivity index (χ4v) is 3.94. The molecule has 0 atom stereocenters. The van der Waals surface area contributed by atoms with E-state index in [4.69, 9.17) is 4.42 Å². The van der Waals surface area contributed by atoms with Crippen LogP contribution in [0.1, 0.15) is 32.3 Å². The minimum Gasteiger partial charge on any atom is -0.448 e. The third-order valence-corrected chi connectivity index (χ3v) is 5.91. The molecule has 114 valence electrons. The second-order valence-electron chi connectivity index (χ2n) is 4.94. The van der Waals surface area contributed by atoms with Crippen molar-refractivity contribution in [1.82, 2.24) is 0 Å². The van der Waals surface area contributed by atoms with Crippen LogP contribution in [0.3, 0.4) is 0 Å². The van der Waals surface area contributed by atoms with Crippen LogP contribution in [0, 0.1) is 0 Å². The Kier molecular flexibility index (Phi) is 4.57. The highest BCUT2D eigenvalue weighted by molar-refractivity contribution is 7.53. The molecule has 0 bridgehead atoms. The molecule has 5 nitrogen and oxygen atoms in total. The molecular formula is C15H20NO4P. The zero-order chi connectivity index (χ0) is 15.5. The Bertz CT molecular complexity index is 628. The van der Waals surface area contributed by atoms with Crippen molar-refractivity contribution in [2.45, 2.75) is 31.8 Å². The van der Waals surface area contributed by atoms with E-state index < -0.39 is 12.8 Å². The summed E-state index contributed by atoms with van der Waals surface area (Å²) >= 11 is 0. The van der Waals surface area contributed by atoms with E-state index in [1.165, 1.54) is 6.26 Å². The topological polar surface area (TPSA) is 82.7 Å². The lowest BCUT2D eigenvalue weighted by molar-refractivity contribution is 0.315. The van der Waals surface area contributed by atoms with E-state index >= 15 is 0 Å². The maximum atomic E-state index is 12.0. The van der Waals surface area contributed by atoms with Gasteiger partial charge in [0.05, 0.1) is 6.26 Å². The lowest BCUT2D eigenvalue weighted by Crippen LogP contribution is -2.24. The highest BCUT2D eigenvalue weighted by Gasteiger charge is 2.47. The first-order chi connectivity index (χ1) is 9.94.